The van der Waals surface area contributed by atoms with Gasteiger partial charge in [-0.05, 0) is 30.8 Å². The van der Waals surface area contributed by atoms with Crippen molar-refractivity contribution >= 4 is 11.7 Å². The van der Waals surface area contributed by atoms with Gasteiger partial charge in [0.25, 0.3) is 0 Å². The van der Waals surface area contributed by atoms with Gasteiger partial charge in [-0.25, -0.2) is 0 Å². The fraction of sp³-hybridized carbons (Fsp3) is 0.643. The smallest absolute Gasteiger partial charge is 0.241 e. The molecule has 1 rings (SSSR count). The van der Waals surface area contributed by atoms with Crippen LogP contribution in [0.15, 0.2) is 12.2 Å². The Balaban J connectivity index is 2.88. The lowest BCUT2D eigenvalue weighted by Gasteiger charge is -2.31. The molecular weight excluding hydrogens is 228 g/mol. The van der Waals surface area contributed by atoms with Gasteiger partial charge in [-0.15, -0.1) is 0 Å². The third kappa shape index (κ3) is 2.79. The van der Waals surface area contributed by atoms with E-state index in [1.165, 1.54) is 0 Å². The van der Waals surface area contributed by atoms with E-state index in [0.29, 0.717) is 18.4 Å². The van der Waals surface area contributed by atoms with Gasteiger partial charge < -0.3 is 5.32 Å². The molecule has 4 heteroatoms. The van der Waals surface area contributed by atoms with E-state index in [1.807, 2.05) is 26.8 Å². The molecule has 1 aliphatic rings. The molecule has 18 heavy (non-hydrogen) atoms. The number of carbonyl (C=O) groups excluding carboxylic acids is 2. The number of nitrogens with zero attached hydrogens (tertiary/aromatic N) is 1. The van der Waals surface area contributed by atoms with E-state index >= 15 is 0 Å². The molecule has 98 valence electrons. The first-order valence-corrected chi connectivity index (χ1v) is 6.06. The van der Waals surface area contributed by atoms with Gasteiger partial charge in [-0.1, -0.05) is 27.4 Å². The predicted molar refractivity (Wildman–Crippen MR) is 68.5 cm³/mol. The van der Waals surface area contributed by atoms with Crippen LogP contribution in [-0.2, 0) is 9.59 Å². The fourth-order valence-electron chi connectivity index (χ4n) is 1.71. The van der Waals surface area contributed by atoms with Crippen LogP contribution in [0, 0.1) is 22.2 Å². The second-order valence-electron chi connectivity index (χ2n) is 6.11. The molecule has 0 saturated heterocycles. The van der Waals surface area contributed by atoms with E-state index in [2.05, 4.69) is 11.9 Å². The Morgan fingerprint density at radius 3 is 2.17 bits per heavy atom. The summed E-state index contributed by atoms with van der Waals surface area (Å²) in [6.45, 7) is 10.9. The quantitative estimate of drug-likeness (QED) is 0.773. The zero-order valence-corrected chi connectivity index (χ0v) is 11.5. The molecule has 0 spiro atoms. The maximum atomic E-state index is 12.1. The van der Waals surface area contributed by atoms with Crippen LogP contribution in [0.4, 0.5) is 0 Å². The van der Waals surface area contributed by atoms with Crippen molar-refractivity contribution in [1.29, 1.82) is 5.26 Å². The Morgan fingerprint density at radius 1 is 1.39 bits per heavy atom. The molecule has 1 amide bonds. The van der Waals surface area contributed by atoms with Crippen molar-refractivity contribution in [1.82, 2.24) is 5.32 Å². The normalized spacial score (nSPS) is 18.4. The van der Waals surface area contributed by atoms with E-state index in [4.69, 9.17) is 5.26 Å². The molecule has 0 aromatic heterocycles. The zero-order valence-electron chi connectivity index (χ0n) is 11.5. The molecule has 1 atom stereocenters. The van der Waals surface area contributed by atoms with E-state index in [0.717, 1.165) is 0 Å². The van der Waals surface area contributed by atoms with Crippen molar-refractivity contribution in [2.45, 2.75) is 46.6 Å². The number of carbonyl (C=O) groups is 2. The first-order valence-electron chi connectivity index (χ1n) is 6.06. The minimum absolute atomic E-state index is 0.176. The number of rotatable bonds is 4. The number of Topliss-reactive ketones (excluding diaryl/α,β-unsaturated/α-hetero) is 1. The number of hydrogen-bond donors (Lipinski definition) is 1. The highest BCUT2D eigenvalue weighted by Gasteiger charge is 2.52. The zero-order chi connectivity index (χ0) is 14.1. The van der Waals surface area contributed by atoms with E-state index < -0.39 is 16.9 Å². The van der Waals surface area contributed by atoms with Crippen LogP contribution in [0.2, 0.25) is 0 Å². The van der Waals surface area contributed by atoms with E-state index in [-0.39, 0.29) is 11.7 Å². The van der Waals surface area contributed by atoms with Gasteiger partial charge in [0.15, 0.2) is 5.78 Å². The number of hydrogen-bond acceptors (Lipinski definition) is 3. The molecule has 1 aliphatic carbocycles. The third-order valence-electron chi connectivity index (χ3n) is 3.22. The van der Waals surface area contributed by atoms with Crippen LogP contribution in [0.3, 0.4) is 0 Å². The van der Waals surface area contributed by atoms with Crippen molar-refractivity contribution in [2.24, 2.45) is 10.8 Å². The van der Waals surface area contributed by atoms with Crippen LogP contribution in [-0.4, -0.2) is 17.7 Å². The molecule has 4 nitrogen and oxygen atoms in total. The summed E-state index contributed by atoms with van der Waals surface area (Å²) in [6, 6.07) is 1.40. The first-order chi connectivity index (χ1) is 8.14. The molecular formula is C14H20N2O2. The summed E-state index contributed by atoms with van der Waals surface area (Å²) in [4.78, 5) is 24.1. The van der Waals surface area contributed by atoms with Crippen molar-refractivity contribution in [2.75, 3.05) is 0 Å². The number of amides is 1. The Labute approximate surface area is 108 Å². The van der Waals surface area contributed by atoms with Gasteiger partial charge in [0, 0.05) is 0 Å². The lowest BCUT2D eigenvalue weighted by molar-refractivity contribution is -0.130. The summed E-state index contributed by atoms with van der Waals surface area (Å²) in [5, 5.41) is 11.7. The van der Waals surface area contributed by atoms with Gasteiger partial charge in [-0.3, -0.25) is 9.59 Å². The topological polar surface area (TPSA) is 70.0 Å². The molecule has 0 aromatic carbocycles. The molecule has 1 saturated carbocycles. The third-order valence-corrected chi connectivity index (χ3v) is 3.22. The lowest BCUT2D eigenvalue weighted by Crippen LogP contribution is -2.51. The Morgan fingerprint density at radius 2 is 1.89 bits per heavy atom. The summed E-state index contributed by atoms with van der Waals surface area (Å²) in [5.74, 6) is -0.510. The van der Waals surface area contributed by atoms with Crippen molar-refractivity contribution < 1.29 is 9.59 Å². The largest absolute Gasteiger partial charge is 0.344 e. The van der Waals surface area contributed by atoms with Gasteiger partial charge >= 0.3 is 0 Å². The van der Waals surface area contributed by atoms with Crippen LogP contribution in [0.5, 0.6) is 0 Å². The predicted octanol–water partition coefficient (Wildman–Crippen LogP) is 1.97. The van der Waals surface area contributed by atoms with E-state index in [9.17, 15) is 9.59 Å². The van der Waals surface area contributed by atoms with Crippen LogP contribution in [0.1, 0.15) is 40.5 Å². The van der Waals surface area contributed by atoms with Crippen molar-refractivity contribution in [3.8, 4) is 6.07 Å². The monoisotopic (exact) mass is 248 g/mol. The summed E-state index contributed by atoms with van der Waals surface area (Å²) >= 11 is 0. The Kier molecular flexibility index (Phi) is 3.66. The lowest BCUT2D eigenvalue weighted by atomic mass is 9.82. The summed E-state index contributed by atoms with van der Waals surface area (Å²) in [7, 11) is 0. The van der Waals surface area contributed by atoms with Crippen molar-refractivity contribution in [3.63, 3.8) is 0 Å². The second kappa shape index (κ2) is 4.56. The first kappa shape index (κ1) is 14.4. The van der Waals surface area contributed by atoms with Gasteiger partial charge in [-0.2, -0.15) is 5.26 Å². The molecule has 0 radical (unpaired) electrons. The maximum Gasteiger partial charge on any atom is 0.241 e. The molecule has 0 aliphatic heterocycles. The number of ketones is 1. The standard InChI is InChI=1S/C14H20N2O2/c1-9(2)10(17)11(13(3,4)5)16-12(18)14(8-15)6-7-14/h11H,1,6-7H2,2-5H3,(H,16,18)/t11-/m1/s1. The highest BCUT2D eigenvalue weighted by molar-refractivity contribution is 6.02. The molecule has 1 N–H and O–H groups in total. The highest BCUT2D eigenvalue weighted by Crippen LogP contribution is 2.45. The average molecular weight is 248 g/mol. The SMILES string of the molecule is C=C(C)C(=O)[C@@H](NC(=O)C1(C#N)CC1)C(C)(C)C. The van der Waals surface area contributed by atoms with Crippen LogP contribution in [0.25, 0.3) is 0 Å². The molecule has 0 heterocycles. The highest BCUT2D eigenvalue weighted by atomic mass is 16.2. The van der Waals surface area contributed by atoms with E-state index in [1.54, 1.807) is 6.92 Å². The molecule has 0 unspecified atom stereocenters. The van der Waals surface area contributed by atoms with Gasteiger partial charge in [0.05, 0.1) is 12.1 Å². The number of nitrogens with one attached hydrogen (secondary N) is 1. The average Bonchev–Trinajstić information content (AvgIpc) is 3.03. The van der Waals surface area contributed by atoms with Crippen LogP contribution < -0.4 is 5.32 Å². The fourth-order valence-corrected chi connectivity index (χ4v) is 1.71. The number of nitriles is 1. The Bertz CT molecular complexity index is 434. The molecule has 1 fully saturated rings. The van der Waals surface area contributed by atoms with Crippen molar-refractivity contribution in [3.05, 3.63) is 12.2 Å². The van der Waals surface area contributed by atoms with Gasteiger partial charge in [0.2, 0.25) is 5.91 Å². The summed E-state index contributed by atoms with van der Waals surface area (Å²) in [6.07, 6.45) is 1.15. The molecule has 0 bridgehead atoms. The van der Waals surface area contributed by atoms with Crippen LogP contribution >= 0.6 is 0 Å². The summed E-state index contributed by atoms with van der Waals surface area (Å²) < 4.78 is 0. The maximum absolute atomic E-state index is 12.1. The van der Waals surface area contributed by atoms with Gasteiger partial charge in [0.1, 0.15) is 5.41 Å². The Hall–Kier alpha value is -1.63. The second-order valence-corrected chi connectivity index (χ2v) is 6.11. The minimum atomic E-state index is -0.904. The molecule has 0 aromatic rings. The summed E-state index contributed by atoms with van der Waals surface area (Å²) in [5.41, 5.74) is -0.896. The minimum Gasteiger partial charge on any atom is -0.344 e.